The minimum absolute atomic E-state index is 0.364. The van der Waals surface area contributed by atoms with Gasteiger partial charge in [0.05, 0.1) is 12.7 Å². The molecule has 0 spiro atoms. The van der Waals surface area contributed by atoms with E-state index in [1.807, 2.05) is 12.1 Å². The first-order chi connectivity index (χ1) is 10.0. The van der Waals surface area contributed by atoms with Gasteiger partial charge in [-0.25, -0.2) is 4.79 Å². The van der Waals surface area contributed by atoms with Gasteiger partial charge in [-0.1, -0.05) is 12.1 Å². The first kappa shape index (κ1) is 15.8. The summed E-state index contributed by atoms with van der Waals surface area (Å²) in [7, 11) is 5.65. The lowest BCUT2D eigenvalue weighted by Crippen LogP contribution is -2.44. The molecule has 1 aliphatic heterocycles. The molecule has 1 aliphatic rings. The summed E-state index contributed by atoms with van der Waals surface area (Å²) in [5, 5.41) is 0. The second kappa shape index (κ2) is 6.91. The number of methoxy groups -OCH3 is 1. The van der Waals surface area contributed by atoms with Crippen molar-refractivity contribution < 1.29 is 9.53 Å². The summed E-state index contributed by atoms with van der Waals surface area (Å²) in [5.74, 6) is -0.364. The lowest BCUT2D eigenvalue weighted by Gasteiger charge is -2.36. The predicted molar refractivity (Wildman–Crippen MR) is 84.2 cm³/mol. The highest BCUT2D eigenvalue weighted by atomic mass is 16.5. The van der Waals surface area contributed by atoms with E-state index in [9.17, 15) is 4.79 Å². The lowest BCUT2D eigenvalue weighted by molar-refractivity contribution is 0.0598. The molecule has 1 saturated heterocycles. The summed E-state index contributed by atoms with van der Waals surface area (Å²) in [6, 6.07) is 6.09. The molecule has 1 aromatic carbocycles. The Hall–Kier alpha value is -1.59. The number of nitrogens with zero attached hydrogens (tertiary/aromatic N) is 2. The summed E-state index contributed by atoms with van der Waals surface area (Å²) < 4.78 is 4.86. The summed E-state index contributed by atoms with van der Waals surface area (Å²) in [6.07, 6.45) is 2.41. The van der Waals surface area contributed by atoms with E-state index in [1.54, 1.807) is 6.07 Å². The number of rotatable bonds is 4. The molecule has 1 fully saturated rings. The molecule has 2 N–H and O–H groups in total. The number of hydrogen-bond acceptors (Lipinski definition) is 5. The number of benzene rings is 1. The third-order valence-electron chi connectivity index (χ3n) is 4.22. The monoisotopic (exact) mass is 291 g/mol. The van der Waals surface area contributed by atoms with Crippen LogP contribution in [-0.2, 0) is 11.3 Å². The highest BCUT2D eigenvalue weighted by Crippen LogP contribution is 2.22. The lowest BCUT2D eigenvalue weighted by atomic mass is 10.0. The van der Waals surface area contributed by atoms with Crippen LogP contribution in [0, 0.1) is 0 Å². The Labute approximate surface area is 126 Å². The molecule has 0 amide bonds. The average molecular weight is 291 g/mol. The van der Waals surface area contributed by atoms with Crippen LogP contribution in [0.4, 0.5) is 5.69 Å². The van der Waals surface area contributed by atoms with Crippen molar-refractivity contribution in [1.82, 2.24) is 9.80 Å². The number of carbonyl (C=O) groups is 1. The number of carbonyl (C=O) groups excluding carboxylic acids is 1. The van der Waals surface area contributed by atoms with Crippen LogP contribution in [0.25, 0.3) is 0 Å². The van der Waals surface area contributed by atoms with E-state index in [0.29, 0.717) is 23.8 Å². The normalized spacial score (nSPS) is 19.7. The fourth-order valence-electron chi connectivity index (χ4n) is 3.00. The molecule has 1 aromatic rings. The van der Waals surface area contributed by atoms with E-state index in [0.717, 1.165) is 18.7 Å². The smallest absolute Gasteiger partial charge is 0.340 e. The van der Waals surface area contributed by atoms with Crippen LogP contribution in [-0.4, -0.2) is 56.1 Å². The third kappa shape index (κ3) is 3.74. The van der Waals surface area contributed by atoms with Crippen LogP contribution in [0.2, 0.25) is 0 Å². The maximum absolute atomic E-state index is 11.9. The average Bonchev–Trinajstić information content (AvgIpc) is 2.46. The molecule has 0 saturated carbocycles. The van der Waals surface area contributed by atoms with Gasteiger partial charge in [-0.3, -0.25) is 4.90 Å². The largest absolute Gasteiger partial charge is 0.465 e. The molecule has 21 heavy (non-hydrogen) atoms. The summed E-state index contributed by atoms with van der Waals surface area (Å²) in [5.41, 5.74) is 7.85. The number of hydrogen-bond donors (Lipinski definition) is 1. The number of esters is 1. The third-order valence-corrected chi connectivity index (χ3v) is 4.22. The van der Waals surface area contributed by atoms with E-state index < -0.39 is 0 Å². The zero-order valence-electron chi connectivity index (χ0n) is 13.1. The molecule has 1 atom stereocenters. The summed E-state index contributed by atoms with van der Waals surface area (Å²) in [4.78, 5) is 16.6. The molecule has 5 nitrogen and oxygen atoms in total. The number of anilines is 1. The quantitative estimate of drug-likeness (QED) is 0.674. The number of ether oxygens (including phenoxy) is 1. The van der Waals surface area contributed by atoms with Gasteiger partial charge in [0, 0.05) is 24.8 Å². The van der Waals surface area contributed by atoms with Crippen LogP contribution in [0.3, 0.4) is 0 Å². The Morgan fingerprint density at radius 2 is 2.29 bits per heavy atom. The fourth-order valence-corrected chi connectivity index (χ4v) is 3.00. The van der Waals surface area contributed by atoms with Crippen molar-refractivity contribution in [2.24, 2.45) is 0 Å². The van der Waals surface area contributed by atoms with Gasteiger partial charge >= 0.3 is 5.97 Å². The van der Waals surface area contributed by atoms with Crippen molar-refractivity contribution >= 4 is 11.7 Å². The van der Waals surface area contributed by atoms with E-state index in [2.05, 4.69) is 23.9 Å². The standard InChI is InChI=1S/C16H25N3O2/c1-18-9-5-7-13(11-18)19(2)10-12-6-4-8-14(17)15(12)16(20)21-3/h4,6,8,13H,5,7,9-11,17H2,1-3H3. The fraction of sp³-hybridized carbons (Fsp3) is 0.562. The van der Waals surface area contributed by atoms with Gasteiger partial charge in [0.1, 0.15) is 0 Å². The second-order valence-corrected chi connectivity index (χ2v) is 5.85. The molecule has 0 radical (unpaired) electrons. The van der Waals surface area contributed by atoms with Gasteiger partial charge in [-0.15, -0.1) is 0 Å². The minimum atomic E-state index is -0.364. The number of likely N-dealkylation sites (N-methyl/N-ethyl adjacent to an activating group) is 2. The van der Waals surface area contributed by atoms with Crippen molar-refractivity contribution in [2.75, 3.05) is 40.0 Å². The van der Waals surface area contributed by atoms with Crippen LogP contribution in [0.1, 0.15) is 28.8 Å². The van der Waals surface area contributed by atoms with Crippen molar-refractivity contribution in [3.63, 3.8) is 0 Å². The molecule has 1 unspecified atom stereocenters. The Morgan fingerprint density at radius 3 is 2.95 bits per heavy atom. The first-order valence-corrected chi connectivity index (χ1v) is 7.37. The summed E-state index contributed by atoms with van der Waals surface area (Å²) in [6.45, 7) is 2.93. The first-order valence-electron chi connectivity index (χ1n) is 7.37. The topological polar surface area (TPSA) is 58.8 Å². The Kier molecular flexibility index (Phi) is 5.20. The maximum Gasteiger partial charge on any atom is 0.340 e. The van der Waals surface area contributed by atoms with E-state index in [-0.39, 0.29) is 5.97 Å². The van der Waals surface area contributed by atoms with Crippen LogP contribution >= 0.6 is 0 Å². The van der Waals surface area contributed by atoms with Gasteiger partial charge in [-0.05, 0) is 45.1 Å². The highest BCUT2D eigenvalue weighted by molar-refractivity contribution is 5.96. The second-order valence-electron chi connectivity index (χ2n) is 5.85. The molecule has 0 aliphatic carbocycles. The summed E-state index contributed by atoms with van der Waals surface area (Å²) >= 11 is 0. The van der Waals surface area contributed by atoms with Crippen molar-refractivity contribution in [3.05, 3.63) is 29.3 Å². The molecule has 2 rings (SSSR count). The molecule has 1 heterocycles. The van der Waals surface area contributed by atoms with Gasteiger partial charge in [0.2, 0.25) is 0 Å². The SMILES string of the molecule is COC(=O)c1c(N)cccc1CN(C)C1CCCN(C)C1. The van der Waals surface area contributed by atoms with Gasteiger partial charge in [0.15, 0.2) is 0 Å². The van der Waals surface area contributed by atoms with E-state index in [4.69, 9.17) is 10.5 Å². The highest BCUT2D eigenvalue weighted by Gasteiger charge is 2.23. The molecule has 116 valence electrons. The molecule has 0 aromatic heterocycles. The number of likely N-dealkylation sites (tertiary alicyclic amines) is 1. The minimum Gasteiger partial charge on any atom is -0.465 e. The van der Waals surface area contributed by atoms with Gasteiger partial charge in [-0.2, -0.15) is 0 Å². The predicted octanol–water partition coefficient (Wildman–Crippen LogP) is 1.58. The van der Waals surface area contributed by atoms with Crippen LogP contribution in [0.5, 0.6) is 0 Å². The number of nitrogens with two attached hydrogens (primary N) is 1. The zero-order valence-corrected chi connectivity index (χ0v) is 13.1. The Balaban J connectivity index is 2.15. The zero-order chi connectivity index (χ0) is 15.4. The van der Waals surface area contributed by atoms with Gasteiger partial charge in [0.25, 0.3) is 0 Å². The van der Waals surface area contributed by atoms with Crippen LogP contribution < -0.4 is 5.73 Å². The van der Waals surface area contributed by atoms with Crippen LogP contribution in [0.15, 0.2) is 18.2 Å². The molecule has 5 heteroatoms. The Morgan fingerprint density at radius 1 is 1.52 bits per heavy atom. The van der Waals surface area contributed by atoms with Crippen molar-refractivity contribution in [1.29, 1.82) is 0 Å². The number of piperidine rings is 1. The molecule has 0 bridgehead atoms. The number of nitrogen functional groups attached to an aromatic ring is 1. The van der Waals surface area contributed by atoms with E-state index in [1.165, 1.54) is 20.0 Å². The van der Waals surface area contributed by atoms with Gasteiger partial charge < -0.3 is 15.4 Å². The van der Waals surface area contributed by atoms with Crippen molar-refractivity contribution in [3.8, 4) is 0 Å². The van der Waals surface area contributed by atoms with Crippen molar-refractivity contribution in [2.45, 2.75) is 25.4 Å². The maximum atomic E-state index is 11.9. The molecular formula is C16H25N3O2. The van der Waals surface area contributed by atoms with E-state index >= 15 is 0 Å². The Bertz CT molecular complexity index is 504. The molecular weight excluding hydrogens is 266 g/mol.